The molecular weight excluding hydrogens is 790 g/mol. The standard InChI is InChI=1S/C36H63N5O18/c1-30-28-41(35(43)38-34(30)42)33-27-31(39-40-37)32(59-33)29-58-36(44)57-26-25-56-24-23-55-22-21-54-20-19-53-18-17-52-16-15-51-14-13-50-12-11-49-10-9-48-8-7-47-6-5-46-4-3-45-2/h28,31-33H,3-27,29H2,1-2H3,(H,38,42,43)/t31-,32+,33+/m0/s1. The summed E-state index contributed by atoms with van der Waals surface area (Å²) in [7, 11) is 1.64. The lowest BCUT2D eigenvalue weighted by Gasteiger charge is -2.16. The molecule has 1 N–H and O–H groups in total. The maximum Gasteiger partial charge on any atom is 0.508 e. The highest BCUT2D eigenvalue weighted by Crippen LogP contribution is 2.30. The summed E-state index contributed by atoms with van der Waals surface area (Å²) in [6, 6.07) is -0.712. The molecule has 0 aliphatic carbocycles. The predicted molar refractivity (Wildman–Crippen MR) is 206 cm³/mol. The maximum absolute atomic E-state index is 12.2. The predicted octanol–water partition coefficient (Wildman–Crippen LogP) is 0.794. The van der Waals surface area contributed by atoms with Crippen LogP contribution in [-0.4, -0.2) is 200 Å². The molecule has 59 heavy (non-hydrogen) atoms. The molecule has 1 saturated heterocycles. The first-order chi connectivity index (χ1) is 29.0. The second-order valence-corrected chi connectivity index (χ2v) is 12.3. The van der Waals surface area contributed by atoms with Crippen molar-refractivity contribution in [3.05, 3.63) is 43.0 Å². The van der Waals surface area contributed by atoms with Crippen molar-refractivity contribution in [3.8, 4) is 0 Å². The second kappa shape index (κ2) is 36.6. The molecule has 0 amide bonds. The van der Waals surface area contributed by atoms with Gasteiger partial charge in [0.05, 0.1) is 158 Å². The molecule has 1 aromatic heterocycles. The van der Waals surface area contributed by atoms with Gasteiger partial charge in [-0.1, -0.05) is 5.11 Å². The number of nitrogens with one attached hydrogen (secondary N) is 1. The van der Waals surface area contributed by atoms with E-state index in [-0.39, 0.29) is 32.8 Å². The van der Waals surface area contributed by atoms with Crippen molar-refractivity contribution in [2.24, 2.45) is 5.11 Å². The third-order valence-corrected chi connectivity index (χ3v) is 7.83. The van der Waals surface area contributed by atoms with E-state index in [1.807, 2.05) is 0 Å². The van der Waals surface area contributed by atoms with Crippen LogP contribution in [0.4, 0.5) is 4.79 Å². The number of azide groups is 1. The fourth-order valence-corrected chi connectivity index (χ4v) is 4.84. The van der Waals surface area contributed by atoms with Crippen LogP contribution in [0, 0.1) is 6.92 Å². The first-order valence-corrected chi connectivity index (χ1v) is 19.6. The minimum Gasteiger partial charge on any atom is -0.432 e. The Labute approximate surface area is 343 Å². The largest absolute Gasteiger partial charge is 0.508 e. The lowest BCUT2D eigenvalue weighted by Crippen LogP contribution is -2.33. The first kappa shape index (κ1) is 51.9. The van der Waals surface area contributed by atoms with Crippen molar-refractivity contribution in [1.82, 2.24) is 9.55 Å². The van der Waals surface area contributed by atoms with Crippen LogP contribution in [-0.2, 0) is 71.1 Å². The fourth-order valence-electron chi connectivity index (χ4n) is 4.84. The molecule has 340 valence electrons. The minimum atomic E-state index is -0.960. The van der Waals surface area contributed by atoms with Gasteiger partial charge < -0.3 is 71.1 Å². The second-order valence-electron chi connectivity index (χ2n) is 12.3. The van der Waals surface area contributed by atoms with E-state index in [1.165, 1.54) is 10.8 Å². The molecule has 2 rings (SSSR count). The van der Waals surface area contributed by atoms with E-state index < -0.39 is 35.8 Å². The van der Waals surface area contributed by atoms with E-state index in [9.17, 15) is 14.4 Å². The Morgan fingerprint density at radius 3 is 1.41 bits per heavy atom. The van der Waals surface area contributed by atoms with Gasteiger partial charge >= 0.3 is 11.8 Å². The lowest BCUT2D eigenvalue weighted by molar-refractivity contribution is -0.0463. The van der Waals surface area contributed by atoms with E-state index in [2.05, 4.69) is 15.0 Å². The quantitative estimate of drug-likeness (QED) is 0.0315. The van der Waals surface area contributed by atoms with E-state index in [4.69, 9.17) is 76.6 Å². The van der Waals surface area contributed by atoms with Crippen LogP contribution in [0.3, 0.4) is 0 Å². The van der Waals surface area contributed by atoms with E-state index in [1.54, 1.807) is 14.0 Å². The highest BCUT2D eigenvalue weighted by molar-refractivity contribution is 5.59. The number of carbonyl (C=O) groups is 1. The zero-order chi connectivity index (χ0) is 42.4. The summed E-state index contributed by atoms with van der Waals surface area (Å²) in [5.41, 5.74) is 8.03. The topological polar surface area (TPSA) is 259 Å². The molecule has 0 saturated carbocycles. The van der Waals surface area contributed by atoms with E-state index >= 15 is 0 Å². The summed E-state index contributed by atoms with van der Waals surface area (Å²) in [6.07, 6.45) is -1.10. The van der Waals surface area contributed by atoms with Gasteiger partial charge in [-0.2, -0.15) is 0 Å². The number of aromatic amines is 1. The summed E-state index contributed by atoms with van der Waals surface area (Å²) >= 11 is 0. The van der Waals surface area contributed by atoms with Crippen LogP contribution in [0.25, 0.3) is 10.4 Å². The minimum absolute atomic E-state index is 0.0577. The molecule has 1 aliphatic rings. The zero-order valence-electron chi connectivity index (χ0n) is 34.3. The number of hydrogen-bond acceptors (Lipinski definition) is 19. The molecule has 2 heterocycles. The number of carbonyl (C=O) groups excluding carboxylic acids is 1. The Bertz CT molecular complexity index is 1350. The van der Waals surface area contributed by atoms with Crippen LogP contribution in [0.5, 0.6) is 0 Å². The summed E-state index contributed by atoms with van der Waals surface area (Å²) in [5, 5.41) is 3.68. The third-order valence-electron chi connectivity index (χ3n) is 7.83. The molecule has 0 unspecified atom stereocenters. The van der Waals surface area contributed by atoms with Crippen molar-refractivity contribution in [1.29, 1.82) is 0 Å². The van der Waals surface area contributed by atoms with Gasteiger partial charge in [0.15, 0.2) is 0 Å². The summed E-state index contributed by atoms with van der Waals surface area (Å²) in [4.78, 5) is 40.9. The number of aromatic nitrogens is 2. The van der Waals surface area contributed by atoms with E-state index in [0.29, 0.717) is 144 Å². The molecule has 0 aromatic carbocycles. The van der Waals surface area contributed by atoms with Gasteiger partial charge in [0.2, 0.25) is 0 Å². The van der Waals surface area contributed by atoms with Crippen molar-refractivity contribution in [2.75, 3.05) is 172 Å². The number of nitrogens with zero attached hydrogens (tertiary/aromatic N) is 4. The first-order valence-electron chi connectivity index (χ1n) is 19.6. The van der Waals surface area contributed by atoms with Crippen LogP contribution in [0.1, 0.15) is 18.2 Å². The van der Waals surface area contributed by atoms with Crippen molar-refractivity contribution in [3.63, 3.8) is 0 Å². The molecule has 23 heteroatoms. The van der Waals surface area contributed by atoms with Gasteiger partial charge in [-0.3, -0.25) is 14.3 Å². The average molecular weight is 854 g/mol. The molecule has 0 radical (unpaired) electrons. The Morgan fingerprint density at radius 1 is 0.661 bits per heavy atom. The van der Waals surface area contributed by atoms with Crippen molar-refractivity contribution >= 4 is 6.16 Å². The number of aryl methyl sites for hydroxylation is 1. The number of hydrogen-bond donors (Lipinski definition) is 1. The Kier molecular flexibility index (Phi) is 32.2. The number of rotatable bonds is 40. The van der Waals surface area contributed by atoms with Crippen LogP contribution >= 0.6 is 0 Å². The lowest BCUT2D eigenvalue weighted by atomic mass is 10.1. The number of ether oxygens (including phenoxy) is 15. The van der Waals surface area contributed by atoms with Gasteiger partial charge in [-0.15, -0.1) is 0 Å². The molecule has 0 spiro atoms. The average Bonchev–Trinajstić information content (AvgIpc) is 3.63. The Balaban J connectivity index is 1.25. The molecule has 23 nitrogen and oxygen atoms in total. The Hall–Kier alpha value is -3.26. The normalized spacial score (nSPS) is 16.3. The highest BCUT2D eigenvalue weighted by Gasteiger charge is 2.37. The maximum atomic E-state index is 12.2. The van der Waals surface area contributed by atoms with Crippen molar-refractivity contribution < 1.29 is 75.8 Å². The smallest absolute Gasteiger partial charge is 0.432 e. The number of H-pyrrole nitrogens is 1. The highest BCUT2D eigenvalue weighted by atomic mass is 16.7. The number of methoxy groups -OCH3 is 1. The molecular formula is C36H63N5O18. The van der Waals surface area contributed by atoms with Gasteiger partial charge in [-0.25, -0.2) is 9.59 Å². The summed E-state index contributed by atoms with van der Waals surface area (Å²) in [6.45, 7) is 11.6. The van der Waals surface area contributed by atoms with E-state index in [0.717, 1.165) is 0 Å². The van der Waals surface area contributed by atoms with Crippen LogP contribution in [0.2, 0.25) is 0 Å². The van der Waals surface area contributed by atoms with Crippen molar-refractivity contribution in [2.45, 2.75) is 31.7 Å². The van der Waals surface area contributed by atoms with Gasteiger partial charge in [0.25, 0.3) is 5.56 Å². The van der Waals surface area contributed by atoms with Gasteiger partial charge in [0, 0.05) is 30.2 Å². The fraction of sp³-hybridized carbons (Fsp3) is 0.861. The monoisotopic (exact) mass is 853 g/mol. The molecule has 3 atom stereocenters. The van der Waals surface area contributed by atoms with Crippen LogP contribution < -0.4 is 11.2 Å². The zero-order valence-corrected chi connectivity index (χ0v) is 34.3. The molecule has 1 fully saturated rings. The van der Waals surface area contributed by atoms with Gasteiger partial charge in [-0.05, 0) is 12.5 Å². The van der Waals surface area contributed by atoms with Gasteiger partial charge in [0.1, 0.15) is 25.5 Å². The molecule has 1 aliphatic heterocycles. The summed E-state index contributed by atoms with van der Waals surface area (Å²) < 4.78 is 81.7. The summed E-state index contributed by atoms with van der Waals surface area (Å²) in [5.74, 6) is 0. The third kappa shape index (κ3) is 27.3. The molecule has 0 bridgehead atoms. The van der Waals surface area contributed by atoms with Crippen LogP contribution in [0.15, 0.2) is 20.9 Å². The molecule has 1 aromatic rings. The SMILES string of the molecule is COCCOCCOCCOCCOCCOCCOCCOCCOCCOCCOCCOCCOC(=O)OC[C@H]1O[C@@H](n2cc(C)c(=O)[nH]c2=O)C[C@@H]1N=[N+]=[N-]. The Morgan fingerprint density at radius 2 is 1.03 bits per heavy atom.